The maximum absolute atomic E-state index is 11.7. The molecule has 6 nitrogen and oxygen atoms in total. The number of aliphatic carboxylic acids is 1. The van der Waals surface area contributed by atoms with Gasteiger partial charge < -0.3 is 15.3 Å². The summed E-state index contributed by atoms with van der Waals surface area (Å²) in [6.45, 7) is 0.745. The van der Waals surface area contributed by atoms with Gasteiger partial charge in [-0.25, -0.2) is 9.78 Å². The topological polar surface area (TPSA) is 82.5 Å². The Morgan fingerprint density at radius 2 is 2.14 bits per heavy atom. The van der Waals surface area contributed by atoms with Gasteiger partial charge in [0.25, 0.3) is 0 Å². The fourth-order valence-electron chi connectivity index (χ4n) is 2.29. The Balaban J connectivity index is 1.72. The van der Waals surface area contributed by atoms with Crippen molar-refractivity contribution in [3.63, 3.8) is 0 Å². The van der Waals surface area contributed by atoms with Gasteiger partial charge in [-0.2, -0.15) is 0 Å². The number of carbonyl (C=O) groups excluding carboxylic acids is 1. The number of nitrogens with one attached hydrogen (secondary N) is 1. The van der Waals surface area contributed by atoms with Gasteiger partial charge in [0, 0.05) is 31.4 Å². The summed E-state index contributed by atoms with van der Waals surface area (Å²) in [5.74, 6) is -0.900. The summed E-state index contributed by atoms with van der Waals surface area (Å²) in [6.07, 6.45) is 5.38. The number of thiazole rings is 1. The molecule has 1 aromatic heterocycles. The third-order valence-electron chi connectivity index (χ3n) is 3.51. The van der Waals surface area contributed by atoms with Crippen LogP contribution in [0.1, 0.15) is 34.8 Å². The minimum absolute atomic E-state index is 0.0386. The summed E-state index contributed by atoms with van der Waals surface area (Å²) in [5, 5.41) is 12.5. The van der Waals surface area contributed by atoms with Crippen LogP contribution in [0.25, 0.3) is 0 Å². The number of hydrogen-bond donors (Lipinski definition) is 2. The van der Waals surface area contributed by atoms with Gasteiger partial charge in [0.1, 0.15) is 0 Å². The van der Waals surface area contributed by atoms with E-state index in [1.54, 1.807) is 18.4 Å². The lowest BCUT2D eigenvalue weighted by Crippen LogP contribution is -2.39. The van der Waals surface area contributed by atoms with Crippen molar-refractivity contribution in [2.45, 2.75) is 38.5 Å². The lowest BCUT2D eigenvalue weighted by molar-refractivity contribution is -0.137. The van der Waals surface area contributed by atoms with Crippen LogP contribution < -0.4 is 5.32 Å². The van der Waals surface area contributed by atoms with Crippen LogP contribution in [0.15, 0.2) is 0 Å². The molecule has 1 aliphatic carbocycles. The van der Waals surface area contributed by atoms with Crippen molar-refractivity contribution in [1.82, 2.24) is 15.2 Å². The van der Waals surface area contributed by atoms with E-state index in [0.29, 0.717) is 6.54 Å². The molecule has 2 N–H and O–H groups in total. The highest BCUT2D eigenvalue weighted by Crippen LogP contribution is 2.26. The van der Waals surface area contributed by atoms with E-state index in [2.05, 4.69) is 10.3 Å². The Bertz CT molecular complexity index is 492. The fourth-order valence-corrected chi connectivity index (χ4v) is 3.44. The van der Waals surface area contributed by atoms with Gasteiger partial charge in [0.05, 0.1) is 17.1 Å². The Hall–Kier alpha value is -1.63. The number of carboxylic acid groups (broad SMARTS) is 1. The number of urea groups is 1. The van der Waals surface area contributed by atoms with Gasteiger partial charge in [0.15, 0.2) is 0 Å². The molecule has 0 aliphatic heterocycles. The second-order valence-electron chi connectivity index (χ2n) is 5.23. The average molecular weight is 311 g/mol. The zero-order chi connectivity index (χ0) is 15.2. The Labute approximate surface area is 128 Å². The molecule has 2 amide bonds. The Morgan fingerprint density at radius 1 is 1.38 bits per heavy atom. The van der Waals surface area contributed by atoms with Crippen LogP contribution >= 0.6 is 11.3 Å². The van der Waals surface area contributed by atoms with Crippen molar-refractivity contribution in [1.29, 1.82) is 0 Å². The number of carbonyl (C=O) groups is 2. The van der Waals surface area contributed by atoms with Crippen LogP contribution in [0.2, 0.25) is 0 Å². The number of carboxylic acids is 1. The van der Waals surface area contributed by atoms with Crippen molar-refractivity contribution in [2.75, 3.05) is 20.1 Å². The van der Waals surface area contributed by atoms with Gasteiger partial charge >= 0.3 is 12.0 Å². The smallest absolute Gasteiger partial charge is 0.317 e. The second-order valence-corrected chi connectivity index (χ2v) is 6.40. The Morgan fingerprint density at radius 3 is 2.86 bits per heavy atom. The third kappa shape index (κ3) is 4.70. The molecule has 2 rings (SSSR count). The fraction of sp³-hybridized carbons (Fsp3) is 0.643. The quantitative estimate of drug-likeness (QED) is 0.837. The van der Waals surface area contributed by atoms with Crippen molar-refractivity contribution in [3.05, 3.63) is 15.6 Å². The lowest BCUT2D eigenvalue weighted by atomic mass is 10.0. The number of hydrogen-bond acceptors (Lipinski definition) is 4. The second kappa shape index (κ2) is 7.40. The Kier molecular flexibility index (Phi) is 5.55. The van der Waals surface area contributed by atoms with E-state index >= 15 is 0 Å². The van der Waals surface area contributed by atoms with Crippen LogP contribution in [-0.2, 0) is 24.1 Å². The predicted octanol–water partition coefficient (Wildman–Crippen LogP) is 1.68. The van der Waals surface area contributed by atoms with Crippen LogP contribution in [-0.4, -0.2) is 47.1 Å². The van der Waals surface area contributed by atoms with Crippen LogP contribution in [0, 0.1) is 0 Å². The van der Waals surface area contributed by atoms with Gasteiger partial charge in [-0.3, -0.25) is 4.79 Å². The van der Waals surface area contributed by atoms with Gasteiger partial charge in [-0.15, -0.1) is 11.3 Å². The summed E-state index contributed by atoms with van der Waals surface area (Å²) < 4.78 is 0. The zero-order valence-corrected chi connectivity index (χ0v) is 13.0. The molecular weight excluding hydrogens is 290 g/mol. The molecule has 0 atom stereocenters. The van der Waals surface area contributed by atoms with Crippen molar-refractivity contribution in [3.8, 4) is 0 Å². The highest BCUT2D eigenvalue weighted by atomic mass is 32.1. The van der Waals surface area contributed by atoms with Crippen molar-refractivity contribution in [2.24, 2.45) is 0 Å². The summed E-state index contributed by atoms with van der Waals surface area (Å²) in [5.41, 5.74) is 1.24. The molecule has 0 spiro atoms. The molecule has 1 heterocycles. The molecule has 0 fully saturated rings. The van der Waals surface area contributed by atoms with E-state index in [9.17, 15) is 9.59 Å². The number of aryl methyl sites for hydroxylation is 2. The van der Waals surface area contributed by atoms with E-state index in [1.807, 2.05) is 0 Å². The van der Waals surface area contributed by atoms with Crippen LogP contribution in [0.3, 0.4) is 0 Å². The number of rotatable bonds is 6. The first-order valence-corrected chi connectivity index (χ1v) is 8.06. The monoisotopic (exact) mass is 311 g/mol. The maximum atomic E-state index is 11.7. The number of nitrogens with zero attached hydrogens (tertiary/aromatic N) is 2. The SMILES string of the molecule is CN(CCC(=O)O)C(=O)NCCc1nc2c(s1)CCCC2. The minimum atomic E-state index is -0.900. The first-order valence-electron chi connectivity index (χ1n) is 7.24. The van der Waals surface area contributed by atoms with E-state index in [-0.39, 0.29) is 19.0 Å². The third-order valence-corrected chi connectivity index (χ3v) is 4.73. The molecule has 1 aliphatic rings. The van der Waals surface area contributed by atoms with Crippen LogP contribution in [0.5, 0.6) is 0 Å². The molecule has 0 saturated carbocycles. The first-order chi connectivity index (χ1) is 10.1. The molecule has 0 bridgehead atoms. The molecule has 0 saturated heterocycles. The highest BCUT2D eigenvalue weighted by molar-refractivity contribution is 7.11. The minimum Gasteiger partial charge on any atom is -0.481 e. The molecule has 0 aromatic carbocycles. The van der Waals surface area contributed by atoms with Crippen LogP contribution in [0.4, 0.5) is 4.79 Å². The molecule has 1 aromatic rings. The van der Waals surface area contributed by atoms with E-state index in [1.165, 1.54) is 28.3 Å². The molecule has 116 valence electrons. The average Bonchev–Trinajstić information content (AvgIpc) is 2.87. The molecular formula is C14H21N3O3S. The number of aromatic nitrogens is 1. The maximum Gasteiger partial charge on any atom is 0.317 e. The molecule has 0 radical (unpaired) electrons. The van der Waals surface area contributed by atoms with Gasteiger partial charge in [-0.05, 0) is 25.7 Å². The zero-order valence-electron chi connectivity index (χ0n) is 12.2. The van der Waals surface area contributed by atoms with Gasteiger partial charge in [0.2, 0.25) is 0 Å². The van der Waals surface area contributed by atoms with E-state index in [0.717, 1.165) is 24.3 Å². The standard InChI is InChI=1S/C14H21N3O3S/c1-17(9-7-13(18)19)14(20)15-8-6-12-16-10-4-2-3-5-11(10)21-12/h2-9H2,1H3,(H,15,20)(H,18,19). The summed E-state index contributed by atoms with van der Waals surface area (Å²) in [7, 11) is 1.60. The largest absolute Gasteiger partial charge is 0.481 e. The summed E-state index contributed by atoms with van der Waals surface area (Å²) in [4.78, 5) is 29.6. The predicted molar refractivity (Wildman–Crippen MR) is 80.7 cm³/mol. The number of fused-ring (bicyclic) bond motifs is 1. The molecule has 7 heteroatoms. The van der Waals surface area contributed by atoms with Crippen molar-refractivity contribution < 1.29 is 14.7 Å². The van der Waals surface area contributed by atoms with Crippen molar-refractivity contribution >= 4 is 23.3 Å². The molecule has 0 unspecified atom stereocenters. The van der Waals surface area contributed by atoms with Gasteiger partial charge in [-0.1, -0.05) is 0 Å². The summed E-state index contributed by atoms with van der Waals surface area (Å²) >= 11 is 1.76. The van der Waals surface area contributed by atoms with E-state index in [4.69, 9.17) is 5.11 Å². The first kappa shape index (κ1) is 15.8. The van der Waals surface area contributed by atoms with E-state index < -0.39 is 5.97 Å². The molecule has 21 heavy (non-hydrogen) atoms. The highest BCUT2D eigenvalue weighted by Gasteiger charge is 2.15. The summed E-state index contributed by atoms with van der Waals surface area (Å²) in [6, 6.07) is -0.238. The normalized spacial score (nSPS) is 13.6. The lowest BCUT2D eigenvalue weighted by Gasteiger charge is -2.16. The number of amides is 2.